The van der Waals surface area contributed by atoms with E-state index in [1.165, 1.54) is 0 Å². The van der Waals surface area contributed by atoms with Gasteiger partial charge in [-0.3, -0.25) is 4.79 Å². The second kappa shape index (κ2) is 8.26. The van der Waals surface area contributed by atoms with E-state index in [2.05, 4.69) is 10.5 Å². The van der Waals surface area contributed by atoms with Crippen LogP contribution in [0.1, 0.15) is 16.8 Å². The Morgan fingerprint density at radius 2 is 1.88 bits per heavy atom. The number of carbonyl (C=O) groups excluding carboxylic acids is 1. The molecular weight excluding hydrogens is 316 g/mol. The number of rotatable bonds is 7. The normalized spacial score (nSPS) is 10.6. The molecule has 128 valence electrons. The third kappa shape index (κ3) is 4.78. The minimum absolute atomic E-state index is 0.0925. The third-order valence-corrected chi connectivity index (χ3v) is 3.75. The van der Waals surface area contributed by atoms with Crippen LogP contribution in [-0.4, -0.2) is 18.2 Å². The van der Waals surface area contributed by atoms with Gasteiger partial charge in [-0.25, -0.2) is 0 Å². The lowest BCUT2D eigenvalue weighted by Crippen LogP contribution is -2.24. The van der Waals surface area contributed by atoms with Crippen LogP contribution in [0.5, 0.6) is 0 Å². The summed E-state index contributed by atoms with van der Waals surface area (Å²) in [6, 6.07) is 19.4. The number of methoxy groups -OCH3 is 1. The Morgan fingerprint density at radius 3 is 2.68 bits per heavy atom. The SMILES string of the molecule is COCc1cccc(CNC(=O)Cc2cc(-c3ccccc3)on2)c1. The summed E-state index contributed by atoms with van der Waals surface area (Å²) in [5, 5.41) is 6.88. The average Bonchev–Trinajstić information content (AvgIpc) is 3.10. The summed E-state index contributed by atoms with van der Waals surface area (Å²) in [5.41, 5.74) is 3.67. The van der Waals surface area contributed by atoms with Gasteiger partial charge < -0.3 is 14.6 Å². The van der Waals surface area contributed by atoms with Gasteiger partial charge in [0.05, 0.1) is 18.7 Å². The molecule has 25 heavy (non-hydrogen) atoms. The van der Waals surface area contributed by atoms with Crippen LogP contribution in [0.25, 0.3) is 11.3 Å². The summed E-state index contributed by atoms with van der Waals surface area (Å²) in [6.45, 7) is 1.03. The lowest BCUT2D eigenvalue weighted by Gasteiger charge is -2.06. The van der Waals surface area contributed by atoms with Crippen molar-refractivity contribution in [1.82, 2.24) is 10.5 Å². The molecule has 5 heteroatoms. The molecule has 0 atom stereocenters. The molecule has 0 aliphatic heterocycles. The van der Waals surface area contributed by atoms with Crippen molar-refractivity contribution in [2.45, 2.75) is 19.6 Å². The van der Waals surface area contributed by atoms with E-state index in [1.54, 1.807) is 13.2 Å². The molecule has 5 nitrogen and oxygen atoms in total. The van der Waals surface area contributed by atoms with Crippen molar-refractivity contribution < 1.29 is 14.1 Å². The van der Waals surface area contributed by atoms with Crippen LogP contribution in [0.4, 0.5) is 0 Å². The second-order valence-corrected chi connectivity index (χ2v) is 5.75. The number of carbonyl (C=O) groups is 1. The van der Waals surface area contributed by atoms with Crippen molar-refractivity contribution in [3.63, 3.8) is 0 Å². The van der Waals surface area contributed by atoms with E-state index in [0.717, 1.165) is 16.7 Å². The highest BCUT2D eigenvalue weighted by molar-refractivity contribution is 5.78. The van der Waals surface area contributed by atoms with Gasteiger partial charge >= 0.3 is 0 Å². The summed E-state index contributed by atoms with van der Waals surface area (Å²) in [4.78, 5) is 12.1. The molecule has 0 aliphatic carbocycles. The van der Waals surface area contributed by atoms with Crippen LogP contribution >= 0.6 is 0 Å². The summed E-state index contributed by atoms with van der Waals surface area (Å²) >= 11 is 0. The van der Waals surface area contributed by atoms with Crippen LogP contribution < -0.4 is 5.32 Å². The molecule has 0 unspecified atom stereocenters. The Bertz CT molecular complexity index is 828. The number of hydrogen-bond acceptors (Lipinski definition) is 4. The van der Waals surface area contributed by atoms with Gasteiger partial charge in [0.25, 0.3) is 0 Å². The van der Waals surface area contributed by atoms with Crippen molar-refractivity contribution in [1.29, 1.82) is 0 Å². The molecular formula is C20H20N2O3. The lowest BCUT2D eigenvalue weighted by atomic mass is 10.1. The van der Waals surface area contributed by atoms with Crippen molar-refractivity contribution in [3.05, 3.63) is 77.5 Å². The molecule has 0 saturated heterocycles. The smallest absolute Gasteiger partial charge is 0.226 e. The van der Waals surface area contributed by atoms with Crippen LogP contribution in [0.15, 0.2) is 65.2 Å². The van der Waals surface area contributed by atoms with Gasteiger partial charge in [0.2, 0.25) is 5.91 Å². The van der Waals surface area contributed by atoms with Crippen molar-refractivity contribution in [2.75, 3.05) is 7.11 Å². The first-order valence-corrected chi connectivity index (χ1v) is 8.09. The van der Waals surface area contributed by atoms with E-state index in [1.807, 2.05) is 54.6 Å². The predicted molar refractivity (Wildman–Crippen MR) is 94.6 cm³/mol. The fourth-order valence-corrected chi connectivity index (χ4v) is 2.56. The molecule has 3 aromatic rings. The first-order valence-electron chi connectivity index (χ1n) is 8.09. The maximum atomic E-state index is 12.1. The van der Waals surface area contributed by atoms with Crippen molar-refractivity contribution in [3.8, 4) is 11.3 Å². The van der Waals surface area contributed by atoms with Crippen molar-refractivity contribution in [2.24, 2.45) is 0 Å². The first kappa shape index (κ1) is 16.9. The topological polar surface area (TPSA) is 64.4 Å². The highest BCUT2D eigenvalue weighted by Gasteiger charge is 2.10. The average molecular weight is 336 g/mol. The summed E-state index contributed by atoms with van der Waals surface area (Å²) in [7, 11) is 1.66. The minimum Gasteiger partial charge on any atom is -0.380 e. The van der Waals surface area contributed by atoms with Gasteiger partial charge in [-0.05, 0) is 11.1 Å². The standard InChI is InChI=1S/C20H20N2O3/c1-24-14-16-7-5-6-15(10-16)13-21-20(23)12-18-11-19(25-22-18)17-8-3-2-4-9-17/h2-11H,12-14H2,1H3,(H,21,23). The molecule has 0 aliphatic rings. The van der Waals surface area contributed by atoms with E-state index in [4.69, 9.17) is 9.26 Å². The molecule has 1 heterocycles. The number of benzene rings is 2. The largest absolute Gasteiger partial charge is 0.380 e. The van der Waals surface area contributed by atoms with E-state index in [9.17, 15) is 4.79 Å². The van der Waals surface area contributed by atoms with Gasteiger partial charge in [-0.15, -0.1) is 0 Å². The van der Waals surface area contributed by atoms with Crippen LogP contribution in [0.3, 0.4) is 0 Å². The third-order valence-electron chi connectivity index (χ3n) is 3.75. The van der Waals surface area contributed by atoms with Crippen LogP contribution in [0, 0.1) is 0 Å². The molecule has 0 fully saturated rings. The molecule has 2 aromatic carbocycles. The number of aromatic nitrogens is 1. The Balaban J connectivity index is 1.55. The van der Waals surface area contributed by atoms with Gasteiger partial charge in [-0.2, -0.15) is 0 Å². The monoisotopic (exact) mass is 336 g/mol. The van der Waals surface area contributed by atoms with E-state index >= 15 is 0 Å². The Kier molecular flexibility index (Phi) is 5.59. The van der Waals surface area contributed by atoms with E-state index in [0.29, 0.717) is 24.6 Å². The fourth-order valence-electron chi connectivity index (χ4n) is 2.56. The Labute approximate surface area is 146 Å². The minimum atomic E-state index is -0.0925. The van der Waals surface area contributed by atoms with Gasteiger partial charge in [0, 0.05) is 25.3 Å². The van der Waals surface area contributed by atoms with Crippen molar-refractivity contribution >= 4 is 5.91 Å². The highest BCUT2D eigenvalue weighted by atomic mass is 16.5. The first-order chi connectivity index (χ1) is 12.2. The fraction of sp³-hybridized carbons (Fsp3) is 0.200. The second-order valence-electron chi connectivity index (χ2n) is 5.75. The molecule has 0 saturated carbocycles. The quantitative estimate of drug-likeness (QED) is 0.719. The Morgan fingerprint density at radius 1 is 1.08 bits per heavy atom. The number of hydrogen-bond donors (Lipinski definition) is 1. The number of nitrogens with one attached hydrogen (secondary N) is 1. The number of amides is 1. The zero-order chi connectivity index (χ0) is 17.5. The summed E-state index contributed by atoms with van der Waals surface area (Å²) in [5.74, 6) is 0.570. The lowest BCUT2D eigenvalue weighted by molar-refractivity contribution is -0.120. The van der Waals surface area contributed by atoms with Crippen LogP contribution in [-0.2, 0) is 29.1 Å². The highest BCUT2D eigenvalue weighted by Crippen LogP contribution is 2.19. The molecule has 1 N–H and O–H groups in total. The maximum absolute atomic E-state index is 12.1. The molecule has 0 radical (unpaired) electrons. The van der Waals surface area contributed by atoms with E-state index in [-0.39, 0.29) is 12.3 Å². The zero-order valence-electron chi connectivity index (χ0n) is 14.1. The van der Waals surface area contributed by atoms with Crippen LogP contribution in [0.2, 0.25) is 0 Å². The summed E-state index contributed by atoms with van der Waals surface area (Å²) < 4.78 is 10.4. The maximum Gasteiger partial charge on any atom is 0.226 e. The molecule has 0 spiro atoms. The predicted octanol–water partition coefficient (Wildman–Crippen LogP) is 3.35. The number of ether oxygens (including phenoxy) is 1. The molecule has 3 rings (SSSR count). The Hall–Kier alpha value is -2.92. The molecule has 1 aromatic heterocycles. The van der Waals surface area contributed by atoms with Gasteiger partial charge in [0.1, 0.15) is 0 Å². The van der Waals surface area contributed by atoms with Gasteiger partial charge in [0.15, 0.2) is 5.76 Å². The summed E-state index contributed by atoms with van der Waals surface area (Å²) in [6.07, 6.45) is 0.189. The zero-order valence-corrected chi connectivity index (χ0v) is 14.1. The molecule has 1 amide bonds. The molecule has 0 bridgehead atoms. The number of nitrogens with zero attached hydrogens (tertiary/aromatic N) is 1. The van der Waals surface area contributed by atoms with E-state index < -0.39 is 0 Å². The van der Waals surface area contributed by atoms with Gasteiger partial charge in [-0.1, -0.05) is 59.8 Å².